The van der Waals surface area contributed by atoms with Crippen LogP contribution < -0.4 is 5.32 Å². The molecule has 1 amide bonds. The monoisotopic (exact) mass is 282 g/mol. The van der Waals surface area contributed by atoms with E-state index in [1.165, 1.54) is 19.3 Å². The molecule has 0 aromatic heterocycles. The van der Waals surface area contributed by atoms with Crippen molar-refractivity contribution in [3.63, 3.8) is 0 Å². The van der Waals surface area contributed by atoms with Gasteiger partial charge in [0.2, 0.25) is 5.91 Å². The Morgan fingerprint density at radius 2 is 2.00 bits per heavy atom. The van der Waals surface area contributed by atoms with Crippen LogP contribution in [0.3, 0.4) is 0 Å². The maximum absolute atomic E-state index is 12.2. The fourth-order valence-corrected chi connectivity index (χ4v) is 3.25. The highest BCUT2D eigenvalue weighted by Crippen LogP contribution is 2.22. The SMILES string of the molecule is O=C(O)CCC1CCN(C(=O)CCC2CCCCN2)C1. The van der Waals surface area contributed by atoms with Gasteiger partial charge in [-0.2, -0.15) is 0 Å². The molecule has 2 aliphatic rings. The van der Waals surface area contributed by atoms with Gasteiger partial charge in [0, 0.05) is 32.0 Å². The maximum atomic E-state index is 12.2. The van der Waals surface area contributed by atoms with E-state index in [-0.39, 0.29) is 12.3 Å². The number of nitrogens with one attached hydrogen (secondary N) is 1. The third-order valence-electron chi connectivity index (χ3n) is 4.52. The van der Waals surface area contributed by atoms with Crippen LogP contribution in [-0.4, -0.2) is 47.6 Å². The van der Waals surface area contributed by atoms with Crippen LogP contribution in [0.2, 0.25) is 0 Å². The predicted molar refractivity (Wildman–Crippen MR) is 76.4 cm³/mol. The zero-order valence-corrected chi connectivity index (χ0v) is 12.1. The molecule has 0 saturated carbocycles. The van der Waals surface area contributed by atoms with Crippen LogP contribution in [-0.2, 0) is 9.59 Å². The van der Waals surface area contributed by atoms with Crippen molar-refractivity contribution in [1.82, 2.24) is 10.2 Å². The standard InChI is InChI=1S/C15H26N2O3/c18-14(6-5-13-3-1-2-9-16-13)17-10-8-12(11-17)4-7-15(19)20/h12-13,16H,1-11H2,(H,19,20). The van der Waals surface area contributed by atoms with Crippen molar-refractivity contribution in [2.75, 3.05) is 19.6 Å². The first kappa shape index (κ1) is 15.3. The molecule has 2 atom stereocenters. The number of nitrogens with zero attached hydrogens (tertiary/aromatic N) is 1. The van der Waals surface area contributed by atoms with Crippen molar-refractivity contribution in [1.29, 1.82) is 0 Å². The number of carboxylic acid groups (broad SMARTS) is 1. The largest absolute Gasteiger partial charge is 0.481 e. The molecule has 2 heterocycles. The van der Waals surface area contributed by atoms with Crippen LogP contribution in [0.5, 0.6) is 0 Å². The summed E-state index contributed by atoms with van der Waals surface area (Å²) in [5.74, 6) is -0.115. The molecule has 5 heteroatoms. The first-order chi connectivity index (χ1) is 9.65. The van der Waals surface area contributed by atoms with Gasteiger partial charge >= 0.3 is 5.97 Å². The van der Waals surface area contributed by atoms with E-state index in [2.05, 4.69) is 5.32 Å². The van der Waals surface area contributed by atoms with Gasteiger partial charge in [-0.15, -0.1) is 0 Å². The Balaban J connectivity index is 1.64. The van der Waals surface area contributed by atoms with Gasteiger partial charge in [0.15, 0.2) is 0 Å². The van der Waals surface area contributed by atoms with Crippen molar-refractivity contribution >= 4 is 11.9 Å². The summed E-state index contributed by atoms with van der Waals surface area (Å²) in [5.41, 5.74) is 0. The van der Waals surface area contributed by atoms with Crippen LogP contribution in [0.25, 0.3) is 0 Å². The summed E-state index contributed by atoms with van der Waals surface area (Å²) in [5, 5.41) is 12.2. The molecule has 0 aromatic carbocycles. The Morgan fingerprint density at radius 1 is 1.15 bits per heavy atom. The highest BCUT2D eigenvalue weighted by atomic mass is 16.4. The fraction of sp³-hybridized carbons (Fsp3) is 0.867. The summed E-state index contributed by atoms with van der Waals surface area (Å²) in [6.07, 6.45) is 7.16. The van der Waals surface area contributed by atoms with Gasteiger partial charge in [-0.3, -0.25) is 9.59 Å². The predicted octanol–water partition coefficient (Wildman–Crippen LogP) is 1.62. The molecular formula is C15H26N2O3. The molecular weight excluding hydrogens is 256 g/mol. The second-order valence-corrected chi connectivity index (χ2v) is 6.11. The number of rotatable bonds is 6. The maximum Gasteiger partial charge on any atom is 0.303 e. The van der Waals surface area contributed by atoms with Gasteiger partial charge in [-0.05, 0) is 44.6 Å². The number of hydrogen-bond acceptors (Lipinski definition) is 3. The van der Waals surface area contributed by atoms with E-state index in [9.17, 15) is 9.59 Å². The fourth-order valence-electron chi connectivity index (χ4n) is 3.25. The Kier molecular flexibility index (Phi) is 5.83. The van der Waals surface area contributed by atoms with Gasteiger partial charge in [-0.25, -0.2) is 0 Å². The molecule has 2 fully saturated rings. The number of carboxylic acids is 1. The number of carbonyl (C=O) groups excluding carboxylic acids is 1. The van der Waals surface area contributed by atoms with E-state index in [1.807, 2.05) is 4.90 Å². The number of carbonyl (C=O) groups is 2. The average molecular weight is 282 g/mol. The van der Waals surface area contributed by atoms with Crippen molar-refractivity contribution in [2.45, 2.75) is 57.4 Å². The molecule has 0 spiro atoms. The van der Waals surface area contributed by atoms with E-state index in [0.717, 1.165) is 32.5 Å². The lowest BCUT2D eigenvalue weighted by atomic mass is 10.0. The minimum Gasteiger partial charge on any atom is -0.481 e. The summed E-state index contributed by atoms with van der Waals surface area (Å²) in [7, 11) is 0. The summed E-state index contributed by atoms with van der Waals surface area (Å²) in [4.78, 5) is 24.6. The Hall–Kier alpha value is -1.10. The average Bonchev–Trinajstić information content (AvgIpc) is 2.92. The van der Waals surface area contributed by atoms with Crippen molar-refractivity contribution in [3.05, 3.63) is 0 Å². The van der Waals surface area contributed by atoms with Crippen molar-refractivity contribution in [3.8, 4) is 0 Å². The lowest BCUT2D eigenvalue weighted by Gasteiger charge is -2.24. The molecule has 20 heavy (non-hydrogen) atoms. The number of aliphatic carboxylic acids is 1. The summed E-state index contributed by atoms with van der Waals surface area (Å²) in [6.45, 7) is 2.64. The zero-order chi connectivity index (χ0) is 14.4. The smallest absolute Gasteiger partial charge is 0.303 e. The molecule has 2 unspecified atom stereocenters. The molecule has 0 radical (unpaired) electrons. The zero-order valence-electron chi connectivity index (χ0n) is 12.1. The van der Waals surface area contributed by atoms with Crippen LogP contribution in [0.1, 0.15) is 51.4 Å². The van der Waals surface area contributed by atoms with Crippen molar-refractivity contribution in [2.24, 2.45) is 5.92 Å². The summed E-state index contributed by atoms with van der Waals surface area (Å²) < 4.78 is 0. The molecule has 2 N–H and O–H groups in total. The molecule has 2 rings (SSSR count). The van der Waals surface area contributed by atoms with Gasteiger partial charge in [-0.1, -0.05) is 6.42 Å². The Labute approximate surface area is 120 Å². The molecule has 5 nitrogen and oxygen atoms in total. The van der Waals surface area contributed by atoms with Crippen LogP contribution in [0.15, 0.2) is 0 Å². The Morgan fingerprint density at radius 3 is 2.70 bits per heavy atom. The second kappa shape index (κ2) is 7.62. The normalized spacial score (nSPS) is 26.7. The lowest BCUT2D eigenvalue weighted by molar-refractivity contribution is -0.137. The molecule has 114 valence electrons. The number of piperidine rings is 1. The molecule has 2 aliphatic heterocycles. The molecule has 2 saturated heterocycles. The number of hydrogen-bond donors (Lipinski definition) is 2. The highest BCUT2D eigenvalue weighted by molar-refractivity contribution is 5.76. The van der Waals surface area contributed by atoms with E-state index in [0.29, 0.717) is 24.8 Å². The molecule has 0 bridgehead atoms. The van der Waals surface area contributed by atoms with Gasteiger partial charge < -0.3 is 15.3 Å². The second-order valence-electron chi connectivity index (χ2n) is 6.11. The quantitative estimate of drug-likeness (QED) is 0.777. The van der Waals surface area contributed by atoms with E-state index < -0.39 is 5.97 Å². The van der Waals surface area contributed by atoms with Gasteiger partial charge in [0.05, 0.1) is 0 Å². The van der Waals surface area contributed by atoms with E-state index in [4.69, 9.17) is 5.11 Å². The van der Waals surface area contributed by atoms with Crippen LogP contribution in [0.4, 0.5) is 0 Å². The first-order valence-electron chi connectivity index (χ1n) is 7.88. The number of amides is 1. The summed E-state index contributed by atoms with van der Waals surface area (Å²) >= 11 is 0. The van der Waals surface area contributed by atoms with E-state index >= 15 is 0 Å². The van der Waals surface area contributed by atoms with Crippen LogP contribution in [0, 0.1) is 5.92 Å². The minimum absolute atomic E-state index is 0.221. The minimum atomic E-state index is -0.738. The first-order valence-corrected chi connectivity index (χ1v) is 7.88. The topological polar surface area (TPSA) is 69.6 Å². The highest BCUT2D eigenvalue weighted by Gasteiger charge is 2.26. The summed E-state index contributed by atoms with van der Waals surface area (Å²) in [6, 6.07) is 0.512. The third-order valence-corrected chi connectivity index (χ3v) is 4.52. The van der Waals surface area contributed by atoms with Crippen molar-refractivity contribution < 1.29 is 14.7 Å². The third kappa shape index (κ3) is 4.78. The van der Waals surface area contributed by atoms with Crippen LogP contribution >= 0.6 is 0 Å². The van der Waals surface area contributed by atoms with Gasteiger partial charge in [0.1, 0.15) is 0 Å². The van der Waals surface area contributed by atoms with Gasteiger partial charge in [0.25, 0.3) is 0 Å². The lowest BCUT2D eigenvalue weighted by Crippen LogP contribution is -2.36. The molecule has 0 aliphatic carbocycles. The Bertz CT molecular complexity index is 340. The number of likely N-dealkylation sites (tertiary alicyclic amines) is 1. The van der Waals surface area contributed by atoms with E-state index in [1.54, 1.807) is 0 Å². The molecule has 0 aromatic rings.